The number of nitrogens with zero attached hydrogens (tertiary/aromatic N) is 2. The van der Waals surface area contributed by atoms with Crippen molar-refractivity contribution in [1.29, 1.82) is 0 Å². The van der Waals surface area contributed by atoms with Crippen molar-refractivity contribution in [2.24, 2.45) is 0 Å². The summed E-state index contributed by atoms with van der Waals surface area (Å²) in [5.41, 5.74) is 8.37. The highest BCUT2D eigenvalue weighted by Crippen LogP contribution is 2.19. The van der Waals surface area contributed by atoms with Crippen molar-refractivity contribution in [2.45, 2.75) is 0 Å². The van der Waals surface area contributed by atoms with E-state index < -0.39 is 0 Å². The van der Waals surface area contributed by atoms with Crippen molar-refractivity contribution < 1.29 is 14.8 Å². The standard InChI is InChI=1S/C7H8N4O2/c1-12-10-4-2-5-6(8)11-13-7(5)9-3-4/h2-3,10H,1H3,(H2,8,11)/p+1. The second kappa shape index (κ2) is 3.00. The van der Waals surface area contributed by atoms with Crippen LogP contribution in [0.1, 0.15) is 0 Å². The maximum Gasteiger partial charge on any atom is 0.260 e. The fourth-order valence-electron chi connectivity index (χ4n) is 1.07. The largest absolute Gasteiger partial charge is 0.380 e. The van der Waals surface area contributed by atoms with E-state index in [9.17, 15) is 0 Å². The van der Waals surface area contributed by atoms with E-state index >= 15 is 0 Å². The van der Waals surface area contributed by atoms with Gasteiger partial charge in [0, 0.05) is 6.07 Å². The molecule has 0 bridgehead atoms. The van der Waals surface area contributed by atoms with E-state index in [0.717, 1.165) is 5.69 Å². The van der Waals surface area contributed by atoms with Crippen molar-refractivity contribution in [1.82, 2.24) is 10.1 Å². The maximum atomic E-state index is 5.54. The molecule has 13 heavy (non-hydrogen) atoms. The highest BCUT2D eigenvalue weighted by atomic mass is 16.6. The smallest absolute Gasteiger partial charge is 0.260 e. The van der Waals surface area contributed by atoms with E-state index in [1.807, 2.05) is 0 Å². The van der Waals surface area contributed by atoms with Crippen molar-refractivity contribution in [3.63, 3.8) is 0 Å². The molecule has 0 aliphatic carbocycles. The molecule has 0 aromatic carbocycles. The van der Waals surface area contributed by atoms with Gasteiger partial charge in [-0.15, -0.1) is 0 Å². The van der Waals surface area contributed by atoms with Gasteiger partial charge in [0.15, 0.2) is 11.5 Å². The monoisotopic (exact) mass is 181 g/mol. The normalized spacial score (nSPS) is 10.8. The predicted octanol–water partition coefficient (Wildman–Crippen LogP) is -0.439. The number of quaternary nitrogens is 1. The summed E-state index contributed by atoms with van der Waals surface area (Å²) in [6.07, 6.45) is 1.62. The van der Waals surface area contributed by atoms with Gasteiger partial charge in [0.2, 0.25) is 0 Å². The third kappa shape index (κ3) is 1.32. The quantitative estimate of drug-likeness (QED) is 0.613. The molecule has 0 aliphatic heterocycles. The van der Waals surface area contributed by atoms with Gasteiger partial charge in [-0.2, -0.15) is 5.48 Å². The maximum absolute atomic E-state index is 5.54. The third-order valence-electron chi connectivity index (χ3n) is 1.63. The summed E-state index contributed by atoms with van der Waals surface area (Å²) in [7, 11) is 1.57. The van der Waals surface area contributed by atoms with Crippen molar-refractivity contribution in [3.8, 4) is 0 Å². The number of fused-ring (bicyclic) bond motifs is 1. The van der Waals surface area contributed by atoms with Crippen LogP contribution in [0.4, 0.5) is 11.5 Å². The number of hydrogen-bond donors (Lipinski definition) is 2. The molecule has 0 radical (unpaired) electrons. The van der Waals surface area contributed by atoms with Crippen LogP contribution in [0, 0.1) is 0 Å². The second-order valence-corrected chi connectivity index (χ2v) is 2.54. The number of nitrogens with two attached hydrogens (primary N) is 2. The number of nitrogen functional groups attached to an aromatic ring is 1. The summed E-state index contributed by atoms with van der Waals surface area (Å²) < 4.78 is 4.84. The van der Waals surface area contributed by atoms with Crippen LogP contribution < -0.4 is 11.2 Å². The van der Waals surface area contributed by atoms with Crippen LogP contribution in [-0.4, -0.2) is 17.3 Å². The van der Waals surface area contributed by atoms with Gasteiger partial charge in [-0.1, -0.05) is 5.16 Å². The van der Waals surface area contributed by atoms with Crippen LogP contribution in [0.5, 0.6) is 0 Å². The van der Waals surface area contributed by atoms with Crippen molar-refractivity contribution in [3.05, 3.63) is 12.3 Å². The van der Waals surface area contributed by atoms with Crippen LogP contribution in [0.3, 0.4) is 0 Å². The van der Waals surface area contributed by atoms with Crippen LogP contribution in [0.25, 0.3) is 11.1 Å². The lowest BCUT2D eigenvalue weighted by atomic mass is 10.3. The average Bonchev–Trinajstić information content (AvgIpc) is 2.49. The highest BCUT2D eigenvalue weighted by molar-refractivity contribution is 5.85. The van der Waals surface area contributed by atoms with Crippen LogP contribution >= 0.6 is 0 Å². The first kappa shape index (κ1) is 7.96. The lowest BCUT2D eigenvalue weighted by Gasteiger charge is -1.93. The third-order valence-corrected chi connectivity index (χ3v) is 1.63. The summed E-state index contributed by atoms with van der Waals surface area (Å²) in [6.45, 7) is 0. The molecule has 2 rings (SSSR count). The minimum Gasteiger partial charge on any atom is -0.380 e. The Labute approximate surface area is 73.6 Å². The molecule has 0 saturated heterocycles. The predicted molar refractivity (Wildman–Crippen MR) is 44.8 cm³/mol. The molecule has 68 valence electrons. The summed E-state index contributed by atoms with van der Waals surface area (Å²) in [5, 5.41) is 4.28. The second-order valence-electron chi connectivity index (χ2n) is 2.54. The van der Waals surface area contributed by atoms with Gasteiger partial charge in [-0.3, -0.25) is 0 Å². The number of pyridine rings is 1. The van der Waals surface area contributed by atoms with Crippen LogP contribution in [-0.2, 0) is 4.84 Å². The van der Waals surface area contributed by atoms with Gasteiger partial charge in [0.05, 0.1) is 18.7 Å². The van der Waals surface area contributed by atoms with Crippen molar-refractivity contribution >= 4 is 22.6 Å². The van der Waals surface area contributed by atoms with E-state index in [4.69, 9.17) is 15.1 Å². The molecule has 0 atom stereocenters. The molecule has 4 N–H and O–H groups in total. The Hall–Kier alpha value is -1.66. The molecular weight excluding hydrogens is 172 g/mol. The lowest BCUT2D eigenvalue weighted by Crippen LogP contribution is -2.75. The summed E-state index contributed by atoms with van der Waals surface area (Å²) in [6, 6.07) is 1.80. The first-order valence-electron chi connectivity index (χ1n) is 3.68. The Kier molecular flexibility index (Phi) is 1.84. The Bertz CT molecular complexity index is 425. The average molecular weight is 181 g/mol. The fourth-order valence-corrected chi connectivity index (χ4v) is 1.07. The number of anilines is 1. The Morgan fingerprint density at radius 1 is 1.62 bits per heavy atom. The van der Waals surface area contributed by atoms with E-state index in [1.54, 1.807) is 24.9 Å². The number of hydrogen-bond acceptors (Lipinski definition) is 5. The van der Waals surface area contributed by atoms with Gasteiger partial charge in [0.1, 0.15) is 0 Å². The molecule has 6 nitrogen and oxygen atoms in total. The zero-order chi connectivity index (χ0) is 9.26. The van der Waals surface area contributed by atoms with Gasteiger partial charge >= 0.3 is 0 Å². The summed E-state index contributed by atoms with van der Waals surface area (Å²) in [4.78, 5) is 8.84. The minimum atomic E-state index is 0.342. The van der Waals surface area contributed by atoms with E-state index in [0.29, 0.717) is 16.9 Å². The Morgan fingerprint density at radius 2 is 2.46 bits per heavy atom. The van der Waals surface area contributed by atoms with Gasteiger partial charge in [0.25, 0.3) is 5.71 Å². The molecule has 0 spiro atoms. The van der Waals surface area contributed by atoms with E-state index in [-0.39, 0.29) is 0 Å². The fraction of sp³-hybridized carbons (Fsp3) is 0.143. The molecule has 0 amide bonds. The van der Waals surface area contributed by atoms with Gasteiger partial charge in [-0.05, 0) is 0 Å². The first-order valence-corrected chi connectivity index (χ1v) is 3.68. The summed E-state index contributed by atoms with van der Waals surface area (Å²) in [5.74, 6) is 0.342. The van der Waals surface area contributed by atoms with Crippen LogP contribution in [0.2, 0.25) is 0 Å². The number of rotatable bonds is 2. The molecular formula is C7H9N4O2+. The van der Waals surface area contributed by atoms with Crippen LogP contribution in [0.15, 0.2) is 16.8 Å². The minimum absolute atomic E-state index is 0.342. The van der Waals surface area contributed by atoms with E-state index in [1.165, 1.54) is 0 Å². The molecule has 2 heterocycles. The first-order chi connectivity index (χ1) is 6.31. The molecule has 0 saturated carbocycles. The summed E-state index contributed by atoms with van der Waals surface area (Å²) >= 11 is 0. The van der Waals surface area contributed by atoms with Gasteiger partial charge < -0.3 is 10.3 Å². The molecule has 2 aromatic rings. The molecule has 0 unspecified atom stereocenters. The molecule has 0 fully saturated rings. The lowest BCUT2D eigenvalue weighted by molar-refractivity contribution is -0.830. The topological polar surface area (TPSA) is 90.8 Å². The van der Waals surface area contributed by atoms with Gasteiger partial charge in [-0.25, -0.2) is 9.82 Å². The zero-order valence-electron chi connectivity index (χ0n) is 7.02. The molecule has 6 heteroatoms. The molecule has 2 aromatic heterocycles. The number of aromatic nitrogens is 2. The highest BCUT2D eigenvalue weighted by Gasteiger charge is 2.08. The Morgan fingerprint density at radius 3 is 3.23 bits per heavy atom. The van der Waals surface area contributed by atoms with Crippen molar-refractivity contribution in [2.75, 3.05) is 12.8 Å². The zero-order valence-corrected chi connectivity index (χ0v) is 7.02. The Balaban J connectivity index is 2.53. The SMILES string of the molecule is CO[NH2+]c1cnc2onc(N)c2c1. The molecule has 0 aliphatic rings. The van der Waals surface area contributed by atoms with E-state index in [2.05, 4.69) is 10.1 Å².